The van der Waals surface area contributed by atoms with E-state index in [0.717, 1.165) is 11.3 Å². The van der Waals surface area contributed by atoms with Crippen LogP contribution in [0.5, 0.6) is 0 Å². The van der Waals surface area contributed by atoms with Crippen LogP contribution in [0.1, 0.15) is 23.6 Å². The summed E-state index contributed by atoms with van der Waals surface area (Å²) in [6.45, 7) is 6.13. The van der Waals surface area contributed by atoms with E-state index in [-0.39, 0.29) is 0 Å². The summed E-state index contributed by atoms with van der Waals surface area (Å²) in [4.78, 5) is 4.72. The van der Waals surface area contributed by atoms with Gasteiger partial charge in [0.05, 0.1) is 5.71 Å². The first-order valence-electron chi connectivity index (χ1n) is 4.30. The van der Waals surface area contributed by atoms with E-state index in [1.807, 2.05) is 6.92 Å². The predicted molar refractivity (Wildman–Crippen MR) is 55.1 cm³/mol. The minimum atomic E-state index is 0.908. The van der Waals surface area contributed by atoms with Gasteiger partial charge in [-0.2, -0.15) is 0 Å². The molecule has 0 radical (unpaired) electrons. The Morgan fingerprint density at radius 2 is 1.92 bits per heavy atom. The molecule has 0 N–H and O–H groups in total. The third-order valence-electron chi connectivity index (χ3n) is 2.15. The molecule has 0 unspecified atom stereocenters. The van der Waals surface area contributed by atoms with Gasteiger partial charge in [0.25, 0.3) is 0 Å². The maximum absolute atomic E-state index is 4.72. The lowest BCUT2D eigenvalue weighted by molar-refractivity contribution is 0.213. The van der Waals surface area contributed by atoms with Crippen molar-refractivity contribution in [3.05, 3.63) is 34.9 Å². The summed E-state index contributed by atoms with van der Waals surface area (Å²) in [5.74, 6) is 0. The highest BCUT2D eigenvalue weighted by atomic mass is 16.6. The second kappa shape index (κ2) is 4.08. The number of rotatable bonds is 2. The number of benzene rings is 1. The molecular formula is C11H15NO. The maximum Gasteiger partial charge on any atom is 0.106 e. The van der Waals surface area contributed by atoms with E-state index in [1.165, 1.54) is 11.1 Å². The fraction of sp³-hybridized carbons (Fsp3) is 0.364. The molecule has 0 aromatic heterocycles. The Bertz CT molecular complexity index is 329. The van der Waals surface area contributed by atoms with Crippen molar-refractivity contribution in [3.63, 3.8) is 0 Å². The Labute approximate surface area is 79.2 Å². The van der Waals surface area contributed by atoms with E-state index in [4.69, 9.17) is 4.84 Å². The van der Waals surface area contributed by atoms with Gasteiger partial charge in [-0.25, -0.2) is 0 Å². The molecule has 1 aromatic carbocycles. The highest BCUT2D eigenvalue weighted by Gasteiger charge is 1.99. The van der Waals surface area contributed by atoms with Gasteiger partial charge in [0.2, 0.25) is 0 Å². The van der Waals surface area contributed by atoms with E-state index >= 15 is 0 Å². The van der Waals surface area contributed by atoms with Crippen molar-refractivity contribution in [1.29, 1.82) is 0 Å². The maximum atomic E-state index is 4.72. The van der Waals surface area contributed by atoms with Crippen LogP contribution in [-0.4, -0.2) is 12.8 Å². The van der Waals surface area contributed by atoms with Gasteiger partial charge < -0.3 is 4.84 Å². The third kappa shape index (κ3) is 2.31. The van der Waals surface area contributed by atoms with Crippen molar-refractivity contribution in [3.8, 4) is 0 Å². The first kappa shape index (κ1) is 9.78. The predicted octanol–water partition coefficient (Wildman–Crippen LogP) is 2.67. The first-order chi connectivity index (χ1) is 6.15. The fourth-order valence-electron chi connectivity index (χ4n) is 1.16. The number of oxime groups is 1. The van der Waals surface area contributed by atoms with Crippen LogP contribution in [0.25, 0.3) is 0 Å². The third-order valence-corrected chi connectivity index (χ3v) is 2.15. The zero-order valence-electron chi connectivity index (χ0n) is 8.59. The Morgan fingerprint density at radius 3 is 2.46 bits per heavy atom. The van der Waals surface area contributed by atoms with Gasteiger partial charge in [0.1, 0.15) is 7.11 Å². The van der Waals surface area contributed by atoms with E-state index in [2.05, 4.69) is 37.2 Å². The lowest BCUT2D eigenvalue weighted by Crippen LogP contribution is -1.96. The molecule has 2 heteroatoms. The van der Waals surface area contributed by atoms with Gasteiger partial charge in [-0.05, 0) is 43.5 Å². The normalized spacial score (nSPS) is 11.5. The molecule has 0 heterocycles. The summed E-state index contributed by atoms with van der Waals surface area (Å²) in [5, 5.41) is 3.88. The molecule has 70 valence electrons. The average molecular weight is 177 g/mol. The van der Waals surface area contributed by atoms with E-state index in [9.17, 15) is 0 Å². The highest BCUT2D eigenvalue weighted by molar-refractivity contribution is 5.98. The molecule has 1 rings (SSSR count). The lowest BCUT2D eigenvalue weighted by atomic mass is 10.0. The second-order valence-corrected chi connectivity index (χ2v) is 3.16. The number of hydrogen-bond donors (Lipinski definition) is 0. The molecule has 0 aliphatic heterocycles. The zero-order chi connectivity index (χ0) is 9.84. The summed E-state index contributed by atoms with van der Waals surface area (Å²) >= 11 is 0. The van der Waals surface area contributed by atoms with E-state index in [1.54, 1.807) is 7.11 Å². The van der Waals surface area contributed by atoms with Crippen LogP contribution < -0.4 is 0 Å². The van der Waals surface area contributed by atoms with Crippen molar-refractivity contribution in [2.24, 2.45) is 5.16 Å². The minimum Gasteiger partial charge on any atom is -0.399 e. The Balaban J connectivity index is 3.04. The van der Waals surface area contributed by atoms with Crippen LogP contribution in [0, 0.1) is 13.8 Å². The van der Waals surface area contributed by atoms with Crippen molar-refractivity contribution in [1.82, 2.24) is 0 Å². The Kier molecular flexibility index (Phi) is 3.07. The van der Waals surface area contributed by atoms with Gasteiger partial charge >= 0.3 is 0 Å². The molecule has 0 saturated carbocycles. The van der Waals surface area contributed by atoms with Crippen molar-refractivity contribution < 1.29 is 4.84 Å². The standard InChI is InChI=1S/C11H15NO/c1-8-5-6-11(7-9(8)2)10(3)12-13-4/h5-7H,1-4H3. The van der Waals surface area contributed by atoms with Gasteiger partial charge in [-0.3, -0.25) is 0 Å². The molecule has 1 aromatic rings. The SMILES string of the molecule is CON=C(C)c1ccc(C)c(C)c1. The van der Waals surface area contributed by atoms with Crippen LogP contribution >= 0.6 is 0 Å². The van der Waals surface area contributed by atoms with E-state index < -0.39 is 0 Å². The van der Waals surface area contributed by atoms with Crippen molar-refractivity contribution >= 4 is 5.71 Å². The second-order valence-electron chi connectivity index (χ2n) is 3.16. The van der Waals surface area contributed by atoms with Crippen molar-refractivity contribution in [2.75, 3.05) is 7.11 Å². The minimum absolute atomic E-state index is 0.908. The molecule has 0 bridgehead atoms. The van der Waals surface area contributed by atoms with Crippen LogP contribution in [-0.2, 0) is 4.84 Å². The molecule has 2 nitrogen and oxygen atoms in total. The Morgan fingerprint density at radius 1 is 1.23 bits per heavy atom. The molecule has 0 aliphatic rings. The number of hydrogen-bond acceptors (Lipinski definition) is 2. The van der Waals surface area contributed by atoms with Crippen LogP contribution in [0.2, 0.25) is 0 Å². The molecule has 0 atom stereocenters. The molecule has 0 saturated heterocycles. The summed E-state index contributed by atoms with van der Waals surface area (Å²) < 4.78 is 0. The molecule has 0 spiro atoms. The summed E-state index contributed by atoms with van der Waals surface area (Å²) in [6.07, 6.45) is 0. The first-order valence-corrected chi connectivity index (χ1v) is 4.30. The molecule has 0 aliphatic carbocycles. The van der Waals surface area contributed by atoms with Crippen LogP contribution in [0.3, 0.4) is 0 Å². The summed E-state index contributed by atoms with van der Waals surface area (Å²) in [7, 11) is 1.56. The van der Waals surface area contributed by atoms with E-state index in [0.29, 0.717) is 0 Å². The van der Waals surface area contributed by atoms with Crippen LogP contribution in [0.4, 0.5) is 0 Å². The Hall–Kier alpha value is -1.31. The smallest absolute Gasteiger partial charge is 0.106 e. The topological polar surface area (TPSA) is 21.6 Å². The quantitative estimate of drug-likeness (QED) is 0.502. The zero-order valence-corrected chi connectivity index (χ0v) is 8.59. The molecule has 13 heavy (non-hydrogen) atoms. The lowest BCUT2D eigenvalue weighted by Gasteiger charge is -2.03. The molecule has 0 amide bonds. The summed E-state index contributed by atoms with van der Waals surface area (Å²) in [6, 6.07) is 6.27. The molecular weight excluding hydrogens is 162 g/mol. The van der Waals surface area contributed by atoms with Gasteiger partial charge in [0, 0.05) is 0 Å². The largest absolute Gasteiger partial charge is 0.399 e. The van der Waals surface area contributed by atoms with Gasteiger partial charge in [-0.15, -0.1) is 0 Å². The van der Waals surface area contributed by atoms with Gasteiger partial charge in [-0.1, -0.05) is 17.3 Å². The monoisotopic (exact) mass is 177 g/mol. The number of aryl methyl sites for hydroxylation is 2. The molecule has 0 fully saturated rings. The average Bonchev–Trinajstić information content (AvgIpc) is 2.10. The highest BCUT2D eigenvalue weighted by Crippen LogP contribution is 2.10. The van der Waals surface area contributed by atoms with Gasteiger partial charge in [0.15, 0.2) is 0 Å². The summed E-state index contributed by atoms with van der Waals surface area (Å²) in [5.41, 5.74) is 4.60. The van der Waals surface area contributed by atoms with Crippen LogP contribution in [0.15, 0.2) is 23.4 Å². The number of nitrogens with zero attached hydrogens (tertiary/aromatic N) is 1. The van der Waals surface area contributed by atoms with Crippen molar-refractivity contribution in [2.45, 2.75) is 20.8 Å². The fourth-order valence-corrected chi connectivity index (χ4v) is 1.16.